The number of anilines is 1. The number of hydrogen-bond donors (Lipinski definition) is 2. The van der Waals surface area contributed by atoms with Crippen LogP contribution in [0.1, 0.15) is 37.1 Å². The van der Waals surface area contributed by atoms with Crippen molar-refractivity contribution in [2.75, 3.05) is 18.5 Å². The summed E-state index contributed by atoms with van der Waals surface area (Å²) in [7, 11) is 0. The molecule has 0 saturated carbocycles. The predicted octanol–water partition coefficient (Wildman–Crippen LogP) is 2.39. The van der Waals surface area contributed by atoms with Gasteiger partial charge in [-0.05, 0) is 37.3 Å². The summed E-state index contributed by atoms with van der Waals surface area (Å²) in [4.78, 5) is 4.37. The normalized spacial score (nSPS) is 11.1. The third-order valence-electron chi connectivity index (χ3n) is 2.98. The van der Waals surface area contributed by atoms with Crippen molar-refractivity contribution in [3.05, 3.63) is 22.9 Å². The van der Waals surface area contributed by atoms with E-state index in [1.54, 1.807) is 0 Å². The standard InChI is InChI=1S/C14H21N3O/c1-10-7-11(2)17-13(12(10)8-15)16-9-14(3,4)5-6-18/h7,18H,5-6,9H2,1-4H3,(H,16,17). The van der Waals surface area contributed by atoms with Gasteiger partial charge >= 0.3 is 0 Å². The van der Waals surface area contributed by atoms with Crippen LogP contribution in [-0.2, 0) is 0 Å². The molecule has 0 atom stereocenters. The largest absolute Gasteiger partial charge is 0.396 e. The van der Waals surface area contributed by atoms with Crippen LogP contribution in [0.15, 0.2) is 6.07 Å². The maximum atomic E-state index is 9.15. The van der Waals surface area contributed by atoms with Crippen LogP contribution in [0.4, 0.5) is 5.82 Å². The summed E-state index contributed by atoms with van der Waals surface area (Å²) in [6, 6.07) is 4.09. The zero-order valence-corrected chi connectivity index (χ0v) is 11.5. The second-order valence-electron chi connectivity index (χ2n) is 5.41. The number of nitrogens with zero attached hydrogens (tertiary/aromatic N) is 2. The van der Waals surface area contributed by atoms with Crippen molar-refractivity contribution in [1.29, 1.82) is 5.26 Å². The number of aromatic nitrogens is 1. The van der Waals surface area contributed by atoms with Gasteiger partial charge in [0.2, 0.25) is 0 Å². The van der Waals surface area contributed by atoms with Gasteiger partial charge in [-0.1, -0.05) is 13.8 Å². The van der Waals surface area contributed by atoms with E-state index in [1.165, 1.54) is 0 Å². The molecule has 0 bridgehead atoms. The molecule has 0 aliphatic heterocycles. The van der Waals surface area contributed by atoms with Crippen molar-refractivity contribution in [2.24, 2.45) is 5.41 Å². The zero-order chi connectivity index (χ0) is 13.8. The van der Waals surface area contributed by atoms with Gasteiger partial charge in [-0.25, -0.2) is 4.98 Å². The first kappa shape index (κ1) is 14.5. The molecule has 0 spiro atoms. The molecule has 1 rings (SSSR count). The van der Waals surface area contributed by atoms with Gasteiger partial charge in [0.25, 0.3) is 0 Å². The Bertz CT molecular complexity index is 461. The van der Waals surface area contributed by atoms with Gasteiger partial charge in [0.15, 0.2) is 0 Å². The minimum atomic E-state index is -0.0270. The Hall–Kier alpha value is -1.60. The van der Waals surface area contributed by atoms with Crippen molar-refractivity contribution < 1.29 is 5.11 Å². The van der Waals surface area contributed by atoms with Crippen molar-refractivity contribution >= 4 is 5.82 Å². The topological polar surface area (TPSA) is 68.9 Å². The number of aryl methyl sites for hydroxylation is 2. The van der Waals surface area contributed by atoms with E-state index in [0.29, 0.717) is 24.3 Å². The first-order valence-corrected chi connectivity index (χ1v) is 6.13. The lowest BCUT2D eigenvalue weighted by Crippen LogP contribution is -2.25. The molecule has 0 radical (unpaired) electrons. The Balaban J connectivity index is 2.88. The highest BCUT2D eigenvalue weighted by atomic mass is 16.3. The highest BCUT2D eigenvalue weighted by Crippen LogP contribution is 2.23. The molecule has 0 amide bonds. The van der Waals surface area contributed by atoms with E-state index in [9.17, 15) is 0 Å². The van der Waals surface area contributed by atoms with Crippen LogP contribution < -0.4 is 5.32 Å². The number of nitriles is 1. The van der Waals surface area contributed by atoms with Gasteiger partial charge in [0.1, 0.15) is 11.9 Å². The second kappa shape index (κ2) is 5.83. The minimum absolute atomic E-state index is 0.0270. The predicted molar refractivity (Wildman–Crippen MR) is 72.4 cm³/mol. The van der Waals surface area contributed by atoms with Gasteiger partial charge in [0.05, 0.1) is 5.56 Å². The fourth-order valence-electron chi connectivity index (χ4n) is 1.82. The van der Waals surface area contributed by atoms with Crippen LogP contribution in [-0.4, -0.2) is 23.2 Å². The molecule has 4 heteroatoms. The van der Waals surface area contributed by atoms with Gasteiger partial charge in [-0.2, -0.15) is 5.26 Å². The zero-order valence-electron chi connectivity index (χ0n) is 11.5. The minimum Gasteiger partial charge on any atom is -0.396 e. The number of aliphatic hydroxyl groups excluding tert-OH is 1. The molecule has 98 valence electrons. The summed E-state index contributed by atoms with van der Waals surface area (Å²) < 4.78 is 0. The maximum Gasteiger partial charge on any atom is 0.144 e. The molecular weight excluding hydrogens is 226 g/mol. The molecule has 1 aromatic heterocycles. The molecule has 2 N–H and O–H groups in total. The molecule has 0 aliphatic rings. The van der Waals surface area contributed by atoms with E-state index in [-0.39, 0.29) is 12.0 Å². The van der Waals surface area contributed by atoms with Crippen LogP contribution in [0.2, 0.25) is 0 Å². The summed E-state index contributed by atoms with van der Waals surface area (Å²) in [5, 5.41) is 21.4. The van der Waals surface area contributed by atoms with E-state index in [0.717, 1.165) is 11.3 Å². The van der Waals surface area contributed by atoms with Crippen LogP contribution >= 0.6 is 0 Å². The van der Waals surface area contributed by atoms with Crippen LogP contribution in [0.5, 0.6) is 0 Å². The smallest absolute Gasteiger partial charge is 0.144 e. The number of pyridine rings is 1. The molecule has 1 aromatic rings. The van der Waals surface area contributed by atoms with E-state index in [2.05, 4.69) is 30.2 Å². The molecule has 0 saturated heterocycles. The average molecular weight is 247 g/mol. The summed E-state index contributed by atoms with van der Waals surface area (Å²) in [5.74, 6) is 0.640. The van der Waals surface area contributed by atoms with Gasteiger partial charge < -0.3 is 10.4 Å². The van der Waals surface area contributed by atoms with Crippen molar-refractivity contribution in [3.63, 3.8) is 0 Å². The maximum absolute atomic E-state index is 9.15. The van der Waals surface area contributed by atoms with Gasteiger partial charge in [-0.3, -0.25) is 0 Å². The molecule has 0 fully saturated rings. The second-order valence-corrected chi connectivity index (χ2v) is 5.41. The third kappa shape index (κ3) is 3.71. The summed E-state index contributed by atoms with van der Waals surface area (Å²) in [6.45, 7) is 8.82. The van der Waals surface area contributed by atoms with E-state index in [4.69, 9.17) is 10.4 Å². The average Bonchev–Trinajstić information content (AvgIpc) is 2.26. The lowest BCUT2D eigenvalue weighted by atomic mass is 9.89. The molecule has 18 heavy (non-hydrogen) atoms. The van der Waals surface area contributed by atoms with Gasteiger partial charge in [0, 0.05) is 18.8 Å². The molecule has 4 nitrogen and oxygen atoms in total. The number of nitrogens with one attached hydrogen (secondary N) is 1. The lowest BCUT2D eigenvalue weighted by molar-refractivity contribution is 0.220. The Labute approximate surface area is 109 Å². The Morgan fingerprint density at radius 2 is 2.11 bits per heavy atom. The summed E-state index contributed by atoms with van der Waals surface area (Å²) >= 11 is 0. The summed E-state index contributed by atoms with van der Waals surface area (Å²) in [6.07, 6.45) is 0.715. The molecular formula is C14H21N3O. The highest BCUT2D eigenvalue weighted by Gasteiger charge is 2.18. The van der Waals surface area contributed by atoms with Crippen molar-refractivity contribution in [1.82, 2.24) is 4.98 Å². The lowest BCUT2D eigenvalue weighted by Gasteiger charge is -2.24. The van der Waals surface area contributed by atoms with E-state index >= 15 is 0 Å². The fraction of sp³-hybridized carbons (Fsp3) is 0.571. The molecule has 0 aliphatic carbocycles. The monoisotopic (exact) mass is 247 g/mol. The fourth-order valence-corrected chi connectivity index (χ4v) is 1.82. The Morgan fingerprint density at radius 3 is 2.67 bits per heavy atom. The van der Waals surface area contributed by atoms with E-state index in [1.807, 2.05) is 19.9 Å². The van der Waals surface area contributed by atoms with Gasteiger partial charge in [-0.15, -0.1) is 0 Å². The molecule has 1 heterocycles. The Morgan fingerprint density at radius 1 is 1.44 bits per heavy atom. The number of rotatable bonds is 5. The molecule has 0 unspecified atom stereocenters. The van der Waals surface area contributed by atoms with E-state index < -0.39 is 0 Å². The number of aliphatic hydroxyl groups is 1. The highest BCUT2D eigenvalue weighted by molar-refractivity contribution is 5.56. The Kier molecular flexibility index (Phi) is 4.69. The first-order valence-electron chi connectivity index (χ1n) is 6.13. The number of hydrogen-bond acceptors (Lipinski definition) is 4. The summed E-state index contributed by atoms with van der Waals surface area (Å²) in [5.41, 5.74) is 2.41. The van der Waals surface area contributed by atoms with Crippen molar-refractivity contribution in [3.8, 4) is 6.07 Å². The SMILES string of the molecule is Cc1cc(C)c(C#N)c(NCC(C)(C)CCO)n1. The van der Waals surface area contributed by atoms with Crippen LogP contribution in [0, 0.1) is 30.6 Å². The van der Waals surface area contributed by atoms with Crippen LogP contribution in [0.3, 0.4) is 0 Å². The third-order valence-corrected chi connectivity index (χ3v) is 2.98. The van der Waals surface area contributed by atoms with Crippen molar-refractivity contribution in [2.45, 2.75) is 34.1 Å². The molecule has 0 aromatic carbocycles. The van der Waals surface area contributed by atoms with Crippen LogP contribution in [0.25, 0.3) is 0 Å². The quantitative estimate of drug-likeness (QED) is 0.838. The first-order chi connectivity index (χ1) is 8.39.